The van der Waals surface area contributed by atoms with Gasteiger partial charge in [-0.25, -0.2) is 0 Å². The van der Waals surface area contributed by atoms with Crippen LogP contribution in [0.1, 0.15) is 10.4 Å². The van der Waals surface area contributed by atoms with Crippen molar-refractivity contribution in [3.05, 3.63) is 26.6 Å². The normalized spacial score (nSPS) is 10.6. The lowest BCUT2D eigenvalue weighted by Gasteiger charge is -1.96. The summed E-state index contributed by atoms with van der Waals surface area (Å²) in [4.78, 5) is 11.6. The Morgan fingerprint density at radius 1 is 1.46 bits per heavy atom. The fourth-order valence-corrected chi connectivity index (χ4v) is 3.61. The second-order valence-corrected chi connectivity index (χ2v) is 5.17. The lowest BCUT2D eigenvalue weighted by atomic mass is 10.2. The van der Waals surface area contributed by atoms with Crippen molar-refractivity contribution in [3.63, 3.8) is 0 Å². The van der Waals surface area contributed by atoms with Gasteiger partial charge < -0.3 is 0 Å². The Morgan fingerprint density at radius 2 is 2.23 bits per heavy atom. The molecule has 1 aromatic carbocycles. The third-order valence-electron chi connectivity index (χ3n) is 1.77. The van der Waals surface area contributed by atoms with Crippen LogP contribution in [0.3, 0.4) is 0 Å². The number of carbonyl (C=O) groups excluding carboxylic acids is 1. The summed E-state index contributed by atoms with van der Waals surface area (Å²) in [5.74, 6) is 0. The number of carbonyl (C=O) groups is 1. The number of benzene rings is 1. The molecule has 0 bridgehead atoms. The predicted molar refractivity (Wildman–Crippen MR) is 67.2 cm³/mol. The Balaban J connectivity index is 2.89. The van der Waals surface area contributed by atoms with Gasteiger partial charge in [0.1, 0.15) is 0 Å². The molecular weight excluding hydrogens is 315 g/mol. The highest BCUT2D eigenvalue weighted by Crippen LogP contribution is 2.31. The molecule has 0 atom stereocenters. The van der Waals surface area contributed by atoms with E-state index in [0.29, 0.717) is 0 Å². The van der Waals surface area contributed by atoms with Gasteiger partial charge in [0.05, 0.1) is 0 Å². The van der Waals surface area contributed by atoms with Crippen LogP contribution in [0.2, 0.25) is 0 Å². The Morgan fingerprint density at radius 3 is 2.92 bits per heavy atom. The summed E-state index contributed by atoms with van der Waals surface area (Å²) in [6.45, 7) is 0. The number of fused-ring (bicyclic) bond motifs is 1. The highest BCUT2D eigenvalue weighted by atomic mass is 127. The summed E-state index contributed by atoms with van der Waals surface area (Å²) in [5.41, 5.74) is 0.758. The van der Waals surface area contributed by atoms with Gasteiger partial charge in [-0.05, 0) is 34.7 Å². The Bertz CT molecular complexity index is 476. The van der Waals surface area contributed by atoms with Gasteiger partial charge >= 0.3 is 0 Å². The molecule has 1 heterocycles. The molecule has 0 aliphatic heterocycles. The standard InChI is InChI=1S/C9H5IOS2/c10-8-2-6(12)1-7-5(3-11)4-13-9(7)8/h1-4,12H. The predicted octanol–water partition coefficient (Wildman–Crippen LogP) is 3.61. The minimum absolute atomic E-state index is 0.758. The average molecular weight is 320 g/mol. The molecule has 0 saturated carbocycles. The van der Waals surface area contributed by atoms with Gasteiger partial charge in [-0.1, -0.05) is 0 Å². The first-order chi connectivity index (χ1) is 6.22. The number of thiophene rings is 1. The van der Waals surface area contributed by atoms with Crippen LogP contribution in [0.25, 0.3) is 10.1 Å². The SMILES string of the molecule is O=Cc1csc2c(I)cc(S)cc12. The van der Waals surface area contributed by atoms with E-state index in [2.05, 4.69) is 35.2 Å². The zero-order valence-electron chi connectivity index (χ0n) is 6.45. The molecule has 0 unspecified atom stereocenters. The lowest BCUT2D eigenvalue weighted by Crippen LogP contribution is -1.77. The summed E-state index contributed by atoms with van der Waals surface area (Å²) in [7, 11) is 0. The van der Waals surface area contributed by atoms with E-state index in [9.17, 15) is 4.79 Å². The summed E-state index contributed by atoms with van der Waals surface area (Å²) in [6, 6.07) is 3.93. The molecule has 0 radical (unpaired) electrons. The fraction of sp³-hybridized carbons (Fsp3) is 0. The van der Waals surface area contributed by atoms with E-state index >= 15 is 0 Å². The van der Waals surface area contributed by atoms with Gasteiger partial charge in [0, 0.05) is 29.5 Å². The lowest BCUT2D eigenvalue weighted by molar-refractivity contribution is 0.112. The smallest absolute Gasteiger partial charge is 0.151 e. The number of rotatable bonds is 1. The topological polar surface area (TPSA) is 17.1 Å². The maximum atomic E-state index is 10.7. The molecule has 0 saturated heterocycles. The first-order valence-corrected chi connectivity index (χ1v) is 5.98. The molecule has 2 rings (SSSR count). The monoisotopic (exact) mass is 320 g/mol. The van der Waals surface area contributed by atoms with E-state index in [4.69, 9.17) is 0 Å². The minimum atomic E-state index is 0.758. The molecular formula is C9H5IOS2. The molecule has 0 N–H and O–H groups in total. The average Bonchev–Trinajstić information content (AvgIpc) is 2.47. The van der Waals surface area contributed by atoms with Crippen molar-refractivity contribution in [2.75, 3.05) is 0 Å². The Hall–Kier alpha value is -0.0700. The zero-order chi connectivity index (χ0) is 9.42. The van der Waals surface area contributed by atoms with Crippen LogP contribution in [0.4, 0.5) is 0 Å². The van der Waals surface area contributed by atoms with Gasteiger partial charge in [0.2, 0.25) is 0 Å². The summed E-state index contributed by atoms with van der Waals surface area (Å²) in [6.07, 6.45) is 0.891. The number of thiol groups is 1. The van der Waals surface area contributed by atoms with Crippen molar-refractivity contribution >= 4 is 62.9 Å². The van der Waals surface area contributed by atoms with Crippen LogP contribution in [-0.4, -0.2) is 6.29 Å². The van der Waals surface area contributed by atoms with Crippen molar-refractivity contribution in [1.82, 2.24) is 0 Å². The largest absolute Gasteiger partial charge is 0.298 e. The van der Waals surface area contributed by atoms with Crippen LogP contribution >= 0.6 is 46.6 Å². The van der Waals surface area contributed by atoms with Crippen LogP contribution in [0, 0.1) is 3.57 Å². The van der Waals surface area contributed by atoms with Gasteiger partial charge in [-0.2, -0.15) is 0 Å². The molecule has 66 valence electrons. The number of hydrogen-bond acceptors (Lipinski definition) is 3. The molecule has 0 aliphatic carbocycles. The van der Waals surface area contributed by atoms with Gasteiger partial charge in [-0.3, -0.25) is 4.79 Å². The number of halogens is 1. The molecule has 13 heavy (non-hydrogen) atoms. The quantitative estimate of drug-likeness (QED) is 0.483. The van der Waals surface area contributed by atoms with Crippen molar-refractivity contribution in [2.24, 2.45) is 0 Å². The second kappa shape index (κ2) is 3.59. The maximum Gasteiger partial charge on any atom is 0.151 e. The highest BCUT2D eigenvalue weighted by Gasteiger charge is 2.06. The Labute approximate surface area is 98.7 Å². The van der Waals surface area contributed by atoms with E-state index in [1.54, 1.807) is 11.3 Å². The van der Waals surface area contributed by atoms with Crippen molar-refractivity contribution in [1.29, 1.82) is 0 Å². The van der Waals surface area contributed by atoms with Gasteiger partial charge in [-0.15, -0.1) is 24.0 Å². The van der Waals surface area contributed by atoms with E-state index in [0.717, 1.165) is 25.7 Å². The number of aldehydes is 1. The summed E-state index contributed by atoms with van der Waals surface area (Å²) < 4.78 is 2.32. The van der Waals surface area contributed by atoms with E-state index in [-0.39, 0.29) is 0 Å². The van der Waals surface area contributed by atoms with Crippen LogP contribution in [-0.2, 0) is 0 Å². The fourth-order valence-electron chi connectivity index (χ4n) is 1.19. The van der Waals surface area contributed by atoms with E-state index in [1.807, 2.05) is 17.5 Å². The van der Waals surface area contributed by atoms with E-state index in [1.165, 1.54) is 4.70 Å². The molecule has 4 heteroatoms. The molecule has 0 fully saturated rings. The first kappa shape index (κ1) is 9.48. The number of hydrogen-bond donors (Lipinski definition) is 1. The van der Waals surface area contributed by atoms with Crippen LogP contribution < -0.4 is 0 Å². The second-order valence-electron chi connectivity index (χ2n) is 2.61. The third-order valence-corrected chi connectivity index (χ3v) is 4.29. The zero-order valence-corrected chi connectivity index (χ0v) is 10.3. The maximum absolute atomic E-state index is 10.7. The molecule has 1 aromatic heterocycles. The molecule has 0 amide bonds. The summed E-state index contributed by atoms with van der Waals surface area (Å²) >= 11 is 8.14. The van der Waals surface area contributed by atoms with E-state index < -0.39 is 0 Å². The Kier molecular flexibility index (Phi) is 2.62. The van der Waals surface area contributed by atoms with Gasteiger partial charge in [0.25, 0.3) is 0 Å². The first-order valence-electron chi connectivity index (χ1n) is 3.57. The highest BCUT2D eigenvalue weighted by molar-refractivity contribution is 14.1. The van der Waals surface area contributed by atoms with Gasteiger partial charge in [0.15, 0.2) is 6.29 Å². The van der Waals surface area contributed by atoms with Crippen LogP contribution in [0.15, 0.2) is 22.4 Å². The molecule has 1 nitrogen and oxygen atoms in total. The van der Waals surface area contributed by atoms with Crippen molar-refractivity contribution < 1.29 is 4.79 Å². The minimum Gasteiger partial charge on any atom is -0.298 e. The molecule has 2 aromatic rings. The van der Waals surface area contributed by atoms with Crippen molar-refractivity contribution in [2.45, 2.75) is 4.90 Å². The molecule has 0 spiro atoms. The third kappa shape index (κ3) is 1.62. The summed E-state index contributed by atoms with van der Waals surface area (Å²) in [5, 5.41) is 2.89. The van der Waals surface area contributed by atoms with Crippen molar-refractivity contribution in [3.8, 4) is 0 Å². The molecule has 0 aliphatic rings. The van der Waals surface area contributed by atoms with Crippen LogP contribution in [0.5, 0.6) is 0 Å².